The van der Waals surface area contributed by atoms with Crippen molar-refractivity contribution in [3.8, 4) is 10.8 Å². The smallest absolute Gasteiger partial charge is 0.235 e. The normalized spacial score (nSPS) is 17.3. The van der Waals surface area contributed by atoms with E-state index in [1.807, 2.05) is 16.6 Å². The third-order valence-corrected chi connectivity index (χ3v) is 4.63. The van der Waals surface area contributed by atoms with Crippen LogP contribution in [0, 0.1) is 0 Å². The molecule has 0 N–H and O–H groups in total. The average molecular weight is 274 g/mol. The van der Waals surface area contributed by atoms with Crippen molar-refractivity contribution in [2.24, 2.45) is 0 Å². The molecule has 5 nitrogen and oxygen atoms in total. The van der Waals surface area contributed by atoms with E-state index in [4.69, 9.17) is 4.42 Å². The molecule has 0 amide bonds. The predicted molar refractivity (Wildman–Crippen MR) is 72.2 cm³/mol. The first kappa shape index (κ1) is 11.2. The van der Waals surface area contributed by atoms with Crippen LogP contribution in [0.15, 0.2) is 22.8 Å². The highest BCUT2D eigenvalue weighted by Crippen LogP contribution is 2.33. The number of nitrogens with zero attached hydrogens (tertiary/aromatic N) is 4. The molecule has 3 aromatic rings. The second-order valence-corrected chi connectivity index (χ2v) is 5.93. The molecule has 0 radical (unpaired) electrons. The van der Waals surface area contributed by atoms with Crippen LogP contribution >= 0.6 is 11.3 Å². The lowest BCUT2D eigenvalue weighted by molar-refractivity contribution is 0.423. The summed E-state index contributed by atoms with van der Waals surface area (Å²) in [5.74, 6) is 2.32. The second-order valence-electron chi connectivity index (χ2n) is 4.97. The third kappa shape index (κ3) is 1.87. The van der Waals surface area contributed by atoms with E-state index in [-0.39, 0.29) is 0 Å². The van der Waals surface area contributed by atoms with Crippen molar-refractivity contribution in [2.45, 2.75) is 38.0 Å². The van der Waals surface area contributed by atoms with E-state index in [9.17, 15) is 0 Å². The Morgan fingerprint density at radius 2 is 2.11 bits per heavy atom. The summed E-state index contributed by atoms with van der Waals surface area (Å²) in [7, 11) is 0. The highest BCUT2D eigenvalue weighted by molar-refractivity contribution is 7.19. The van der Waals surface area contributed by atoms with Gasteiger partial charge in [0.2, 0.25) is 4.96 Å². The number of aromatic nitrogens is 4. The van der Waals surface area contributed by atoms with Crippen LogP contribution in [0.3, 0.4) is 0 Å². The Balaban J connectivity index is 1.76. The Labute approximate surface area is 114 Å². The summed E-state index contributed by atoms with van der Waals surface area (Å²) in [5, 5.41) is 14.1. The molecule has 0 saturated heterocycles. The van der Waals surface area contributed by atoms with E-state index < -0.39 is 0 Å². The van der Waals surface area contributed by atoms with Gasteiger partial charge in [-0.2, -0.15) is 4.52 Å². The number of hydrogen-bond acceptors (Lipinski definition) is 5. The summed E-state index contributed by atoms with van der Waals surface area (Å²) >= 11 is 1.52. The Morgan fingerprint density at radius 3 is 2.89 bits per heavy atom. The number of fused-ring (bicyclic) bond motifs is 1. The van der Waals surface area contributed by atoms with Crippen LogP contribution in [0.1, 0.15) is 43.8 Å². The highest BCUT2D eigenvalue weighted by Gasteiger charge is 2.23. The summed E-state index contributed by atoms with van der Waals surface area (Å²) in [6.45, 7) is 0. The fourth-order valence-electron chi connectivity index (χ4n) is 2.75. The van der Waals surface area contributed by atoms with Crippen LogP contribution in [-0.2, 0) is 0 Å². The fourth-order valence-corrected chi connectivity index (χ4v) is 3.56. The molecule has 19 heavy (non-hydrogen) atoms. The van der Waals surface area contributed by atoms with E-state index in [0.717, 1.165) is 21.6 Å². The van der Waals surface area contributed by atoms with Gasteiger partial charge in [0.1, 0.15) is 0 Å². The Hall–Kier alpha value is -1.69. The second kappa shape index (κ2) is 4.45. The summed E-state index contributed by atoms with van der Waals surface area (Å²) < 4.78 is 7.29. The van der Waals surface area contributed by atoms with Gasteiger partial charge in [-0.25, -0.2) is 0 Å². The molecule has 0 aliphatic heterocycles. The summed E-state index contributed by atoms with van der Waals surface area (Å²) in [4.78, 5) is 0.854. The standard InChI is InChI=1S/C13H14N4OS/c1-2-5-9(6-3-1)11-14-15-13-17(11)16-12(19-13)10-7-4-8-18-10/h4,7-9H,1-3,5-6H2. The highest BCUT2D eigenvalue weighted by atomic mass is 32.1. The number of rotatable bonds is 2. The first-order chi connectivity index (χ1) is 9.42. The molecule has 3 heterocycles. The Morgan fingerprint density at radius 1 is 1.21 bits per heavy atom. The molecule has 1 aliphatic carbocycles. The maximum Gasteiger partial charge on any atom is 0.235 e. The van der Waals surface area contributed by atoms with E-state index in [1.165, 1.54) is 43.4 Å². The zero-order valence-electron chi connectivity index (χ0n) is 10.5. The number of hydrogen-bond donors (Lipinski definition) is 0. The fraction of sp³-hybridized carbons (Fsp3) is 0.462. The minimum atomic E-state index is 0.510. The topological polar surface area (TPSA) is 56.2 Å². The third-order valence-electron chi connectivity index (χ3n) is 3.72. The maximum absolute atomic E-state index is 5.39. The molecule has 1 saturated carbocycles. The van der Waals surface area contributed by atoms with Crippen LogP contribution in [0.5, 0.6) is 0 Å². The van der Waals surface area contributed by atoms with Crippen LogP contribution < -0.4 is 0 Å². The minimum Gasteiger partial charge on any atom is -0.462 e. The SMILES string of the molecule is c1coc(-c2nn3c(C4CCCCC4)nnc3s2)c1. The molecule has 1 fully saturated rings. The monoisotopic (exact) mass is 274 g/mol. The molecule has 98 valence electrons. The lowest BCUT2D eigenvalue weighted by Gasteiger charge is -2.18. The van der Waals surface area contributed by atoms with Gasteiger partial charge in [-0.3, -0.25) is 0 Å². The molecule has 1 aliphatic rings. The van der Waals surface area contributed by atoms with E-state index in [2.05, 4.69) is 15.3 Å². The van der Waals surface area contributed by atoms with Gasteiger partial charge >= 0.3 is 0 Å². The lowest BCUT2D eigenvalue weighted by atomic mass is 9.89. The predicted octanol–water partition coefficient (Wildman–Crippen LogP) is 3.49. The molecular weight excluding hydrogens is 260 g/mol. The quantitative estimate of drug-likeness (QED) is 0.717. The zero-order valence-corrected chi connectivity index (χ0v) is 11.3. The maximum atomic E-state index is 5.39. The van der Waals surface area contributed by atoms with Crippen molar-refractivity contribution < 1.29 is 4.42 Å². The van der Waals surface area contributed by atoms with Gasteiger partial charge in [-0.1, -0.05) is 30.6 Å². The molecule has 0 atom stereocenters. The van der Waals surface area contributed by atoms with E-state index in [1.54, 1.807) is 6.26 Å². The van der Waals surface area contributed by atoms with Crippen molar-refractivity contribution in [2.75, 3.05) is 0 Å². The summed E-state index contributed by atoms with van der Waals surface area (Å²) in [6, 6.07) is 3.80. The Kier molecular flexibility index (Phi) is 2.61. The molecule has 0 unspecified atom stereocenters. The molecule has 0 spiro atoms. The molecule has 0 bridgehead atoms. The molecule has 6 heteroatoms. The Bertz CT molecular complexity index is 679. The van der Waals surface area contributed by atoms with Gasteiger partial charge in [0.05, 0.1) is 6.26 Å². The largest absolute Gasteiger partial charge is 0.462 e. The van der Waals surface area contributed by atoms with Crippen LogP contribution in [0.4, 0.5) is 0 Å². The first-order valence-electron chi connectivity index (χ1n) is 6.68. The van der Waals surface area contributed by atoms with Crippen molar-refractivity contribution in [3.63, 3.8) is 0 Å². The zero-order chi connectivity index (χ0) is 12.7. The van der Waals surface area contributed by atoms with E-state index in [0.29, 0.717) is 5.92 Å². The molecule has 3 aromatic heterocycles. The van der Waals surface area contributed by atoms with Crippen LogP contribution in [0.2, 0.25) is 0 Å². The van der Waals surface area contributed by atoms with Crippen molar-refractivity contribution >= 4 is 16.3 Å². The minimum absolute atomic E-state index is 0.510. The average Bonchev–Trinajstić information content (AvgIpc) is 3.15. The van der Waals surface area contributed by atoms with Crippen molar-refractivity contribution in [3.05, 3.63) is 24.2 Å². The first-order valence-corrected chi connectivity index (χ1v) is 7.49. The van der Waals surface area contributed by atoms with Crippen LogP contribution in [-0.4, -0.2) is 19.8 Å². The van der Waals surface area contributed by atoms with Gasteiger partial charge in [0.25, 0.3) is 0 Å². The van der Waals surface area contributed by atoms with Crippen LogP contribution in [0.25, 0.3) is 15.7 Å². The molecular formula is C13H14N4OS. The summed E-state index contributed by atoms with van der Waals surface area (Å²) in [5.41, 5.74) is 0. The molecule has 4 rings (SSSR count). The molecule has 0 aromatic carbocycles. The van der Waals surface area contributed by atoms with Gasteiger partial charge in [0, 0.05) is 5.92 Å². The van der Waals surface area contributed by atoms with Gasteiger partial charge < -0.3 is 4.42 Å². The van der Waals surface area contributed by atoms with Crippen molar-refractivity contribution in [1.82, 2.24) is 19.8 Å². The number of furan rings is 1. The van der Waals surface area contributed by atoms with Gasteiger partial charge in [-0.05, 0) is 25.0 Å². The lowest BCUT2D eigenvalue weighted by Crippen LogP contribution is -2.09. The van der Waals surface area contributed by atoms with Gasteiger partial charge in [-0.15, -0.1) is 15.3 Å². The van der Waals surface area contributed by atoms with E-state index >= 15 is 0 Å². The van der Waals surface area contributed by atoms with Gasteiger partial charge in [0.15, 0.2) is 16.6 Å². The van der Waals surface area contributed by atoms with Crippen molar-refractivity contribution in [1.29, 1.82) is 0 Å². The summed E-state index contributed by atoms with van der Waals surface area (Å²) in [6.07, 6.45) is 7.99.